The van der Waals surface area contributed by atoms with Crippen molar-refractivity contribution >= 4 is 40.2 Å². The highest BCUT2D eigenvalue weighted by atomic mass is 35.5. The summed E-state index contributed by atoms with van der Waals surface area (Å²) in [5.41, 5.74) is 13.7. The standard InChI is InChI=1S/C18H18Cl2N8O2/c19-11-3-4-13(29-5-1-2-12(21)18-27-26-9-30-18)10(14(11)20)6-28-8-25-15-16(22)23-7-24-17(15)28/h3-4,7-9,12H,1-2,5-6,21H2,(H2,22,23,24). The van der Waals surface area contributed by atoms with Crippen molar-refractivity contribution in [3.8, 4) is 5.75 Å². The lowest BCUT2D eigenvalue weighted by molar-refractivity contribution is 0.293. The van der Waals surface area contributed by atoms with Crippen molar-refractivity contribution in [3.05, 3.63) is 52.7 Å². The highest BCUT2D eigenvalue weighted by Gasteiger charge is 2.16. The van der Waals surface area contributed by atoms with E-state index in [1.165, 1.54) is 12.7 Å². The van der Waals surface area contributed by atoms with Gasteiger partial charge in [0.1, 0.15) is 17.6 Å². The van der Waals surface area contributed by atoms with Gasteiger partial charge in [0.05, 0.1) is 35.6 Å². The number of nitrogens with zero attached hydrogens (tertiary/aromatic N) is 6. The maximum atomic E-state index is 6.48. The molecule has 3 heterocycles. The van der Waals surface area contributed by atoms with Gasteiger partial charge in [0, 0.05) is 5.56 Å². The van der Waals surface area contributed by atoms with Crippen molar-refractivity contribution in [2.24, 2.45) is 5.73 Å². The number of imidazole rings is 1. The number of benzene rings is 1. The van der Waals surface area contributed by atoms with E-state index in [1.807, 2.05) is 4.57 Å². The number of rotatable bonds is 8. The molecule has 10 nitrogen and oxygen atoms in total. The lowest BCUT2D eigenvalue weighted by atomic mass is 10.1. The molecule has 1 atom stereocenters. The average molecular weight is 449 g/mol. The van der Waals surface area contributed by atoms with Crippen LogP contribution in [0.5, 0.6) is 5.75 Å². The van der Waals surface area contributed by atoms with E-state index in [2.05, 4.69) is 25.1 Å². The van der Waals surface area contributed by atoms with Gasteiger partial charge in [-0.05, 0) is 25.0 Å². The van der Waals surface area contributed by atoms with Crippen LogP contribution in [0.15, 0.2) is 35.6 Å². The van der Waals surface area contributed by atoms with Crippen molar-refractivity contribution in [2.45, 2.75) is 25.4 Å². The van der Waals surface area contributed by atoms with E-state index in [1.54, 1.807) is 18.5 Å². The predicted molar refractivity (Wildman–Crippen MR) is 111 cm³/mol. The third-order valence-electron chi connectivity index (χ3n) is 4.52. The molecular formula is C18H18Cl2N8O2. The van der Waals surface area contributed by atoms with E-state index >= 15 is 0 Å². The first-order valence-corrected chi connectivity index (χ1v) is 9.82. The zero-order valence-electron chi connectivity index (χ0n) is 15.7. The second kappa shape index (κ2) is 8.82. The van der Waals surface area contributed by atoms with Gasteiger partial charge < -0.3 is 25.2 Å². The van der Waals surface area contributed by atoms with Crippen molar-refractivity contribution in [1.82, 2.24) is 29.7 Å². The Morgan fingerprint density at radius 2 is 2.07 bits per heavy atom. The largest absolute Gasteiger partial charge is 0.493 e. The molecule has 0 aliphatic rings. The highest BCUT2D eigenvalue weighted by molar-refractivity contribution is 6.42. The van der Waals surface area contributed by atoms with Crippen molar-refractivity contribution in [2.75, 3.05) is 12.3 Å². The summed E-state index contributed by atoms with van der Waals surface area (Å²) < 4.78 is 12.9. The minimum absolute atomic E-state index is 0.310. The molecule has 30 heavy (non-hydrogen) atoms. The van der Waals surface area contributed by atoms with Crippen LogP contribution in [0.2, 0.25) is 10.0 Å². The van der Waals surface area contributed by atoms with Crippen molar-refractivity contribution in [1.29, 1.82) is 0 Å². The molecule has 0 spiro atoms. The van der Waals surface area contributed by atoms with E-state index in [0.717, 1.165) is 0 Å². The molecule has 4 rings (SSSR count). The monoisotopic (exact) mass is 448 g/mol. The molecule has 1 aromatic carbocycles. The van der Waals surface area contributed by atoms with Crippen LogP contribution in [0.3, 0.4) is 0 Å². The van der Waals surface area contributed by atoms with Crippen LogP contribution in [-0.4, -0.2) is 36.3 Å². The molecule has 4 N–H and O–H groups in total. The first kappa shape index (κ1) is 20.3. The minimum atomic E-state index is -0.341. The number of fused-ring (bicyclic) bond motifs is 1. The SMILES string of the molecule is Nc1ncnc2c1ncn2Cc1c(OCCCC(N)c2nnco2)ccc(Cl)c1Cl. The maximum absolute atomic E-state index is 6.48. The molecule has 0 fully saturated rings. The number of ether oxygens (including phenoxy) is 1. The van der Waals surface area contributed by atoms with Crippen molar-refractivity contribution in [3.63, 3.8) is 0 Å². The average Bonchev–Trinajstić information content (AvgIpc) is 3.41. The number of halogens is 2. The maximum Gasteiger partial charge on any atom is 0.232 e. The summed E-state index contributed by atoms with van der Waals surface area (Å²) in [5.74, 6) is 1.32. The number of anilines is 1. The van der Waals surface area contributed by atoms with Gasteiger partial charge in [-0.1, -0.05) is 23.2 Å². The van der Waals surface area contributed by atoms with E-state index in [4.69, 9.17) is 43.8 Å². The first-order valence-electron chi connectivity index (χ1n) is 9.07. The number of nitrogen functional groups attached to an aromatic ring is 1. The summed E-state index contributed by atoms with van der Waals surface area (Å²) in [6.45, 7) is 0.774. The van der Waals surface area contributed by atoms with E-state index in [9.17, 15) is 0 Å². The van der Waals surface area contributed by atoms with Crippen LogP contribution in [0.25, 0.3) is 11.2 Å². The van der Waals surface area contributed by atoms with Gasteiger partial charge in [-0.15, -0.1) is 10.2 Å². The van der Waals surface area contributed by atoms with E-state index in [0.29, 0.717) is 70.2 Å². The molecular weight excluding hydrogens is 431 g/mol. The lowest BCUT2D eigenvalue weighted by Crippen LogP contribution is -2.13. The quantitative estimate of drug-likeness (QED) is 0.388. The second-order valence-electron chi connectivity index (χ2n) is 6.52. The van der Waals surface area contributed by atoms with Gasteiger partial charge in [-0.2, -0.15) is 0 Å². The molecule has 0 radical (unpaired) electrons. The third-order valence-corrected chi connectivity index (χ3v) is 5.37. The number of aromatic nitrogens is 6. The van der Waals surface area contributed by atoms with E-state index in [-0.39, 0.29) is 6.04 Å². The predicted octanol–water partition coefficient (Wildman–Crippen LogP) is 3.01. The molecule has 0 saturated heterocycles. The summed E-state index contributed by atoms with van der Waals surface area (Å²) in [5, 5.41) is 8.28. The Morgan fingerprint density at radius 1 is 1.20 bits per heavy atom. The summed E-state index contributed by atoms with van der Waals surface area (Å²) in [4.78, 5) is 12.5. The van der Waals surface area contributed by atoms with Crippen LogP contribution < -0.4 is 16.2 Å². The summed E-state index contributed by atoms with van der Waals surface area (Å²) in [7, 11) is 0. The van der Waals surface area contributed by atoms with Gasteiger partial charge in [-0.3, -0.25) is 0 Å². The van der Waals surface area contributed by atoms with E-state index < -0.39 is 0 Å². The smallest absolute Gasteiger partial charge is 0.232 e. The molecule has 1 unspecified atom stereocenters. The van der Waals surface area contributed by atoms with Crippen LogP contribution in [-0.2, 0) is 6.54 Å². The Bertz CT molecular complexity index is 1150. The Labute approximate surface area is 181 Å². The number of hydrogen-bond acceptors (Lipinski definition) is 9. The molecule has 12 heteroatoms. The fraction of sp³-hybridized carbons (Fsp3) is 0.278. The van der Waals surface area contributed by atoms with Crippen LogP contribution in [0.4, 0.5) is 5.82 Å². The van der Waals surface area contributed by atoms with Gasteiger partial charge in [0.25, 0.3) is 0 Å². The minimum Gasteiger partial charge on any atom is -0.493 e. The molecule has 0 bridgehead atoms. The Morgan fingerprint density at radius 3 is 2.87 bits per heavy atom. The lowest BCUT2D eigenvalue weighted by Gasteiger charge is -2.15. The Balaban J connectivity index is 1.49. The van der Waals surface area contributed by atoms with Crippen LogP contribution >= 0.6 is 23.2 Å². The molecule has 0 saturated carbocycles. The van der Waals surface area contributed by atoms with Gasteiger partial charge in [0.2, 0.25) is 12.3 Å². The van der Waals surface area contributed by atoms with Gasteiger partial charge in [-0.25, -0.2) is 15.0 Å². The molecule has 0 amide bonds. The summed E-state index contributed by atoms with van der Waals surface area (Å²) >= 11 is 12.7. The van der Waals surface area contributed by atoms with Crippen LogP contribution in [0, 0.1) is 0 Å². The Hall–Kier alpha value is -2.95. The second-order valence-corrected chi connectivity index (χ2v) is 7.30. The molecule has 3 aromatic heterocycles. The molecule has 4 aromatic rings. The summed E-state index contributed by atoms with van der Waals surface area (Å²) in [6, 6.07) is 3.13. The zero-order chi connectivity index (χ0) is 21.1. The number of nitrogens with two attached hydrogens (primary N) is 2. The molecule has 156 valence electrons. The summed E-state index contributed by atoms with van der Waals surface area (Å²) in [6.07, 6.45) is 5.58. The first-order chi connectivity index (χ1) is 14.5. The molecule has 0 aliphatic heterocycles. The third kappa shape index (κ3) is 4.16. The molecule has 0 aliphatic carbocycles. The zero-order valence-corrected chi connectivity index (χ0v) is 17.2. The fourth-order valence-corrected chi connectivity index (χ4v) is 3.39. The normalized spacial score (nSPS) is 12.4. The highest BCUT2D eigenvalue weighted by Crippen LogP contribution is 2.34. The fourth-order valence-electron chi connectivity index (χ4n) is 2.99. The Kier molecular flexibility index (Phi) is 5.98. The van der Waals surface area contributed by atoms with Crippen LogP contribution in [0.1, 0.15) is 30.3 Å². The van der Waals surface area contributed by atoms with Crippen molar-refractivity contribution < 1.29 is 9.15 Å². The van der Waals surface area contributed by atoms with Gasteiger partial charge in [0.15, 0.2) is 11.5 Å². The topological polar surface area (TPSA) is 144 Å². The van der Waals surface area contributed by atoms with Gasteiger partial charge >= 0.3 is 0 Å². The number of hydrogen-bond donors (Lipinski definition) is 2.